The van der Waals surface area contributed by atoms with Crippen molar-refractivity contribution in [3.05, 3.63) is 16.1 Å². The predicted molar refractivity (Wildman–Crippen MR) is 84.8 cm³/mol. The van der Waals surface area contributed by atoms with Crippen molar-refractivity contribution in [2.24, 2.45) is 5.41 Å². The number of hydrogen-bond acceptors (Lipinski definition) is 6. The van der Waals surface area contributed by atoms with E-state index in [1.165, 1.54) is 11.3 Å². The smallest absolute Gasteiger partial charge is 0.357 e. The highest BCUT2D eigenvalue weighted by atomic mass is 32.1. The van der Waals surface area contributed by atoms with Gasteiger partial charge in [0, 0.05) is 24.4 Å². The van der Waals surface area contributed by atoms with E-state index in [2.05, 4.69) is 4.98 Å². The zero-order valence-electron chi connectivity index (χ0n) is 13.8. The summed E-state index contributed by atoms with van der Waals surface area (Å²) < 4.78 is 9.98. The van der Waals surface area contributed by atoms with Crippen molar-refractivity contribution < 1.29 is 19.1 Å². The van der Waals surface area contributed by atoms with Gasteiger partial charge in [-0.05, 0) is 6.92 Å². The van der Waals surface area contributed by atoms with Crippen molar-refractivity contribution in [3.63, 3.8) is 0 Å². The van der Waals surface area contributed by atoms with E-state index in [1.54, 1.807) is 24.3 Å². The van der Waals surface area contributed by atoms with Crippen LogP contribution in [0.1, 0.15) is 43.2 Å². The number of carbonyl (C=O) groups excluding carboxylic acids is 2. The van der Waals surface area contributed by atoms with E-state index < -0.39 is 11.4 Å². The summed E-state index contributed by atoms with van der Waals surface area (Å²) in [6, 6.07) is 0. The van der Waals surface area contributed by atoms with Crippen LogP contribution in [0.25, 0.3) is 0 Å². The molecule has 1 aromatic heterocycles. The number of methoxy groups -OCH3 is 1. The lowest BCUT2D eigenvalue weighted by molar-refractivity contribution is -0.140. The molecule has 1 amide bonds. The van der Waals surface area contributed by atoms with E-state index in [0.717, 1.165) is 0 Å². The first-order chi connectivity index (χ1) is 10.3. The van der Waals surface area contributed by atoms with Crippen LogP contribution in [-0.4, -0.2) is 48.6 Å². The Morgan fingerprint density at radius 2 is 2.05 bits per heavy atom. The normalized spacial score (nSPS) is 11.3. The zero-order valence-corrected chi connectivity index (χ0v) is 14.7. The average molecular weight is 328 g/mol. The van der Waals surface area contributed by atoms with Gasteiger partial charge in [-0.1, -0.05) is 20.8 Å². The molecule has 0 aliphatic rings. The van der Waals surface area contributed by atoms with Crippen molar-refractivity contribution in [1.82, 2.24) is 9.88 Å². The van der Waals surface area contributed by atoms with E-state index in [9.17, 15) is 9.59 Å². The number of carbonyl (C=O) groups is 2. The molecule has 0 aliphatic heterocycles. The Labute approximate surface area is 135 Å². The summed E-state index contributed by atoms with van der Waals surface area (Å²) in [5.41, 5.74) is -0.189. The molecular weight excluding hydrogens is 304 g/mol. The molecule has 0 radical (unpaired) electrons. The Morgan fingerprint density at radius 3 is 2.59 bits per heavy atom. The highest BCUT2D eigenvalue weighted by molar-refractivity contribution is 7.09. The summed E-state index contributed by atoms with van der Waals surface area (Å²) in [7, 11) is 1.60. The van der Waals surface area contributed by atoms with Crippen LogP contribution in [0.4, 0.5) is 0 Å². The molecule has 6 nitrogen and oxygen atoms in total. The first kappa shape index (κ1) is 18.6. The maximum absolute atomic E-state index is 12.5. The van der Waals surface area contributed by atoms with Crippen LogP contribution >= 0.6 is 11.3 Å². The molecule has 0 bridgehead atoms. The molecule has 0 aliphatic carbocycles. The van der Waals surface area contributed by atoms with Gasteiger partial charge in [0.05, 0.1) is 19.8 Å². The second-order valence-corrected chi connectivity index (χ2v) is 6.76. The second-order valence-electron chi connectivity index (χ2n) is 5.82. The Bertz CT molecular complexity index is 508. The fourth-order valence-corrected chi connectivity index (χ4v) is 2.55. The topological polar surface area (TPSA) is 68.7 Å². The average Bonchev–Trinajstić information content (AvgIpc) is 2.90. The number of esters is 1. The molecule has 1 rings (SSSR count). The highest BCUT2D eigenvalue weighted by Crippen LogP contribution is 2.20. The van der Waals surface area contributed by atoms with Crippen LogP contribution in [0, 0.1) is 5.41 Å². The molecule has 124 valence electrons. The summed E-state index contributed by atoms with van der Waals surface area (Å²) in [5, 5.41) is 2.36. The Kier molecular flexibility index (Phi) is 6.96. The van der Waals surface area contributed by atoms with Gasteiger partial charge in [0.15, 0.2) is 5.69 Å². The second kappa shape index (κ2) is 8.24. The maximum Gasteiger partial charge on any atom is 0.357 e. The first-order valence-corrected chi connectivity index (χ1v) is 8.07. The third-order valence-corrected chi connectivity index (χ3v) is 3.69. The van der Waals surface area contributed by atoms with Gasteiger partial charge in [0.2, 0.25) is 5.91 Å². The van der Waals surface area contributed by atoms with Crippen LogP contribution in [-0.2, 0) is 20.8 Å². The molecule has 22 heavy (non-hydrogen) atoms. The van der Waals surface area contributed by atoms with Gasteiger partial charge in [-0.15, -0.1) is 11.3 Å². The molecule has 0 spiro atoms. The van der Waals surface area contributed by atoms with Crippen molar-refractivity contribution in [1.29, 1.82) is 0 Å². The first-order valence-electron chi connectivity index (χ1n) is 7.19. The van der Waals surface area contributed by atoms with Crippen LogP contribution in [0.3, 0.4) is 0 Å². The van der Waals surface area contributed by atoms with Crippen LogP contribution in [0.2, 0.25) is 0 Å². The molecule has 0 unspecified atom stereocenters. The van der Waals surface area contributed by atoms with E-state index in [4.69, 9.17) is 9.47 Å². The molecule has 0 saturated heterocycles. The Morgan fingerprint density at radius 1 is 1.36 bits per heavy atom. The number of ether oxygens (including phenoxy) is 2. The lowest BCUT2D eigenvalue weighted by Crippen LogP contribution is -2.40. The SMILES string of the molecule is CCOC(=O)c1csc(CN(CCOC)C(=O)C(C)(C)C)n1. The van der Waals surface area contributed by atoms with Gasteiger partial charge in [-0.3, -0.25) is 4.79 Å². The zero-order chi connectivity index (χ0) is 16.8. The van der Waals surface area contributed by atoms with Crippen molar-refractivity contribution in [2.75, 3.05) is 26.9 Å². The fraction of sp³-hybridized carbons (Fsp3) is 0.667. The fourth-order valence-electron chi connectivity index (χ4n) is 1.77. The van der Waals surface area contributed by atoms with Crippen LogP contribution in [0.15, 0.2) is 5.38 Å². The minimum absolute atomic E-state index is 0.0254. The van der Waals surface area contributed by atoms with Gasteiger partial charge >= 0.3 is 5.97 Å². The van der Waals surface area contributed by atoms with Gasteiger partial charge in [-0.25, -0.2) is 9.78 Å². The number of hydrogen-bond donors (Lipinski definition) is 0. The van der Waals surface area contributed by atoms with Gasteiger partial charge < -0.3 is 14.4 Å². The Balaban J connectivity index is 2.81. The number of rotatable bonds is 7. The lowest BCUT2D eigenvalue weighted by atomic mass is 9.95. The highest BCUT2D eigenvalue weighted by Gasteiger charge is 2.28. The third kappa shape index (κ3) is 5.38. The van der Waals surface area contributed by atoms with E-state index in [-0.39, 0.29) is 11.6 Å². The molecule has 0 aromatic carbocycles. The maximum atomic E-state index is 12.5. The predicted octanol–water partition coefficient (Wildman–Crippen LogP) is 2.34. The number of nitrogens with zero attached hydrogens (tertiary/aromatic N) is 2. The molecule has 0 saturated carbocycles. The summed E-state index contributed by atoms with van der Waals surface area (Å²) in [6.07, 6.45) is 0. The molecule has 1 aromatic rings. The molecular formula is C15H24N2O4S. The summed E-state index contributed by atoms with van der Waals surface area (Å²) in [4.78, 5) is 30.1. The van der Waals surface area contributed by atoms with E-state index in [0.29, 0.717) is 31.3 Å². The summed E-state index contributed by atoms with van der Waals surface area (Å²) in [6.45, 7) is 9.00. The lowest BCUT2D eigenvalue weighted by Gasteiger charge is -2.28. The number of aromatic nitrogens is 1. The van der Waals surface area contributed by atoms with Crippen LogP contribution in [0.5, 0.6) is 0 Å². The third-order valence-electron chi connectivity index (χ3n) is 2.86. The molecule has 0 fully saturated rings. The standard InChI is InChI=1S/C15H24N2O4S/c1-6-21-13(18)11-10-22-12(16-11)9-17(7-8-20-5)14(19)15(2,3)4/h10H,6-9H2,1-5H3. The minimum Gasteiger partial charge on any atom is -0.461 e. The summed E-state index contributed by atoms with van der Waals surface area (Å²) >= 11 is 1.35. The molecule has 1 heterocycles. The number of thiazole rings is 1. The van der Waals surface area contributed by atoms with Crippen molar-refractivity contribution >= 4 is 23.2 Å². The van der Waals surface area contributed by atoms with E-state index >= 15 is 0 Å². The van der Waals surface area contributed by atoms with Gasteiger partial charge in [0.25, 0.3) is 0 Å². The number of amides is 1. The Hall–Kier alpha value is -1.47. The largest absolute Gasteiger partial charge is 0.461 e. The van der Waals surface area contributed by atoms with Gasteiger partial charge in [0.1, 0.15) is 5.01 Å². The minimum atomic E-state index is -0.477. The van der Waals surface area contributed by atoms with Crippen molar-refractivity contribution in [3.8, 4) is 0 Å². The van der Waals surface area contributed by atoms with Gasteiger partial charge in [-0.2, -0.15) is 0 Å². The molecule has 7 heteroatoms. The quantitative estimate of drug-likeness (QED) is 0.719. The van der Waals surface area contributed by atoms with Crippen molar-refractivity contribution in [2.45, 2.75) is 34.2 Å². The summed E-state index contributed by atoms with van der Waals surface area (Å²) in [5.74, 6) is -0.409. The molecule has 0 atom stereocenters. The van der Waals surface area contributed by atoms with Crippen LogP contribution < -0.4 is 0 Å². The monoisotopic (exact) mass is 328 g/mol. The molecule has 0 N–H and O–H groups in total. The van der Waals surface area contributed by atoms with E-state index in [1.807, 2.05) is 20.8 Å².